The Hall–Kier alpha value is -1.74. The van der Waals surface area contributed by atoms with Crippen LogP contribution in [0.1, 0.15) is 17.7 Å². The number of aryl methyl sites for hydroxylation is 1. The maximum Gasteiger partial charge on any atom is 0.223 e. The minimum absolute atomic E-state index is 0.0939. The first-order chi connectivity index (χ1) is 9.15. The van der Waals surface area contributed by atoms with Crippen LogP contribution in [-0.2, 0) is 17.8 Å². The normalized spacial score (nSPS) is 10.4. The predicted octanol–water partition coefficient (Wildman–Crippen LogP) is 3.52. The lowest BCUT2D eigenvalue weighted by atomic mass is 10.2. The Bertz CT molecular complexity index is 537. The summed E-state index contributed by atoms with van der Waals surface area (Å²) in [5, 5.41) is 0.689. The quantitative estimate of drug-likeness (QED) is 0.838. The summed E-state index contributed by atoms with van der Waals surface area (Å²) in [7, 11) is 1.80. The molecule has 0 aliphatic carbocycles. The van der Waals surface area contributed by atoms with E-state index in [0.29, 0.717) is 24.4 Å². The summed E-state index contributed by atoms with van der Waals surface area (Å²) in [4.78, 5) is 13.7. The van der Waals surface area contributed by atoms with Crippen molar-refractivity contribution in [3.05, 3.63) is 59.0 Å². The van der Waals surface area contributed by atoms with Gasteiger partial charge in [-0.15, -0.1) is 0 Å². The average Bonchev–Trinajstić information content (AvgIpc) is 2.89. The Morgan fingerprint density at radius 3 is 2.84 bits per heavy atom. The lowest BCUT2D eigenvalue weighted by Gasteiger charge is -2.17. The molecule has 19 heavy (non-hydrogen) atoms. The maximum atomic E-state index is 12.0. The average molecular weight is 278 g/mol. The number of halogens is 1. The highest BCUT2D eigenvalue weighted by Gasteiger charge is 2.10. The highest BCUT2D eigenvalue weighted by atomic mass is 35.5. The van der Waals surface area contributed by atoms with Crippen molar-refractivity contribution < 1.29 is 9.21 Å². The summed E-state index contributed by atoms with van der Waals surface area (Å²) in [5.74, 6) is 0.931. The molecule has 4 heteroatoms. The van der Waals surface area contributed by atoms with Crippen molar-refractivity contribution >= 4 is 17.5 Å². The van der Waals surface area contributed by atoms with Gasteiger partial charge in [0, 0.05) is 31.5 Å². The van der Waals surface area contributed by atoms with Gasteiger partial charge in [0.2, 0.25) is 5.91 Å². The van der Waals surface area contributed by atoms with E-state index in [1.54, 1.807) is 18.2 Å². The molecular weight excluding hydrogens is 262 g/mol. The van der Waals surface area contributed by atoms with E-state index in [9.17, 15) is 4.79 Å². The van der Waals surface area contributed by atoms with Gasteiger partial charge in [0.25, 0.3) is 0 Å². The molecule has 0 aliphatic rings. The van der Waals surface area contributed by atoms with E-state index in [1.165, 1.54) is 0 Å². The van der Waals surface area contributed by atoms with Gasteiger partial charge in [-0.2, -0.15) is 0 Å². The number of carbonyl (C=O) groups excluding carboxylic acids is 1. The van der Waals surface area contributed by atoms with Crippen LogP contribution in [0.5, 0.6) is 0 Å². The lowest BCUT2D eigenvalue weighted by molar-refractivity contribution is -0.130. The summed E-state index contributed by atoms with van der Waals surface area (Å²) < 4.78 is 5.21. The minimum atomic E-state index is 0.0939. The Labute approximate surface area is 117 Å². The molecule has 2 aromatic rings. The summed E-state index contributed by atoms with van der Waals surface area (Å²) >= 11 is 5.92. The Morgan fingerprint density at radius 2 is 2.16 bits per heavy atom. The van der Waals surface area contributed by atoms with E-state index in [-0.39, 0.29) is 5.91 Å². The van der Waals surface area contributed by atoms with Crippen molar-refractivity contribution in [2.75, 3.05) is 7.05 Å². The number of amides is 1. The molecule has 1 aromatic carbocycles. The van der Waals surface area contributed by atoms with Crippen LogP contribution in [0.2, 0.25) is 5.02 Å². The van der Waals surface area contributed by atoms with Gasteiger partial charge in [0.15, 0.2) is 0 Å². The zero-order valence-electron chi connectivity index (χ0n) is 10.8. The van der Waals surface area contributed by atoms with Gasteiger partial charge in [-0.3, -0.25) is 4.79 Å². The van der Waals surface area contributed by atoms with E-state index < -0.39 is 0 Å². The number of furan rings is 1. The molecule has 1 amide bonds. The molecule has 0 bridgehead atoms. The molecule has 100 valence electrons. The zero-order chi connectivity index (χ0) is 13.7. The van der Waals surface area contributed by atoms with Gasteiger partial charge < -0.3 is 9.32 Å². The molecule has 0 N–H and O–H groups in total. The highest BCUT2D eigenvalue weighted by molar-refractivity contribution is 6.30. The third-order valence-corrected chi connectivity index (χ3v) is 3.13. The lowest BCUT2D eigenvalue weighted by Crippen LogP contribution is -2.26. The monoisotopic (exact) mass is 277 g/mol. The first kappa shape index (κ1) is 13.7. The van der Waals surface area contributed by atoms with Gasteiger partial charge in [0.05, 0.1) is 6.26 Å². The molecule has 0 fully saturated rings. The molecule has 0 unspecified atom stereocenters. The molecule has 0 spiro atoms. The zero-order valence-corrected chi connectivity index (χ0v) is 11.6. The predicted molar refractivity (Wildman–Crippen MR) is 75.0 cm³/mol. The van der Waals surface area contributed by atoms with Gasteiger partial charge >= 0.3 is 0 Å². The van der Waals surface area contributed by atoms with Crippen LogP contribution in [-0.4, -0.2) is 17.9 Å². The summed E-state index contributed by atoms with van der Waals surface area (Å²) in [5.41, 5.74) is 1.03. The number of hydrogen-bond donors (Lipinski definition) is 0. The number of hydrogen-bond acceptors (Lipinski definition) is 2. The molecule has 0 saturated heterocycles. The Balaban J connectivity index is 1.85. The SMILES string of the molecule is CN(Cc1cccc(Cl)c1)C(=O)CCc1ccco1. The standard InChI is InChI=1S/C15H16ClNO2/c1-17(11-12-4-2-5-13(16)10-12)15(18)8-7-14-6-3-9-19-14/h2-6,9-10H,7-8,11H2,1H3. The largest absolute Gasteiger partial charge is 0.469 e. The Morgan fingerprint density at radius 1 is 1.32 bits per heavy atom. The van der Waals surface area contributed by atoms with E-state index >= 15 is 0 Å². The van der Waals surface area contributed by atoms with Crippen molar-refractivity contribution in [3.63, 3.8) is 0 Å². The number of carbonyl (C=O) groups is 1. The molecule has 1 heterocycles. The van der Waals surface area contributed by atoms with Crippen LogP contribution in [0.25, 0.3) is 0 Å². The van der Waals surface area contributed by atoms with E-state index in [4.69, 9.17) is 16.0 Å². The van der Waals surface area contributed by atoms with Crippen LogP contribution in [0.4, 0.5) is 0 Å². The molecule has 2 rings (SSSR count). The molecule has 0 atom stereocenters. The van der Waals surface area contributed by atoms with Crippen LogP contribution < -0.4 is 0 Å². The van der Waals surface area contributed by atoms with Crippen LogP contribution in [0, 0.1) is 0 Å². The van der Waals surface area contributed by atoms with Crippen LogP contribution in [0.3, 0.4) is 0 Å². The second-order valence-corrected chi connectivity index (χ2v) is 4.90. The molecule has 3 nitrogen and oxygen atoms in total. The summed E-state index contributed by atoms with van der Waals surface area (Å²) in [6.45, 7) is 0.567. The fourth-order valence-corrected chi connectivity index (χ4v) is 2.09. The minimum Gasteiger partial charge on any atom is -0.469 e. The van der Waals surface area contributed by atoms with Crippen LogP contribution in [0.15, 0.2) is 47.1 Å². The Kier molecular flexibility index (Phi) is 4.63. The first-order valence-electron chi connectivity index (χ1n) is 6.16. The third kappa shape index (κ3) is 4.14. The second kappa shape index (κ2) is 6.43. The van der Waals surface area contributed by atoms with Gasteiger partial charge in [0.1, 0.15) is 5.76 Å². The van der Waals surface area contributed by atoms with Gasteiger partial charge in [-0.05, 0) is 29.8 Å². The van der Waals surface area contributed by atoms with Gasteiger partial charge in [-0.25, -0.2) is 0 Å². The van der Waals surface area contributed by atoms with Gasteiger partial charge in [-0.1, -0.05) is 23.7 Å². The molecule has 0 aliphatic heterocycles. The smallest absolute Gasteiger partial charge is 0.223 e. The summed E-state index contributed by atoms with van der Waals surface area (Å²) in [6, 6.07) is 11.3. The number of nitrogens with zero attached hydrogens (tertiary/aromatic N) is 1. The highest BCUT2D eigenvalue weighted by Crippen LogP contribution is 2.13. The maximum absolute atomic E-state index is 12.0. The fourth-order valence-electron chi connectivity index (χ4n) is 1.87. The topological polar surface area (TPSA) is 33.5 Å². The van der Waals surface area contributed by atoms with Crippen molar-refractivity contribution in [2.24, 2.45) is 0 Å². The molecule has 1 aromatic heterocycles. The number of benzene rings is 1. The van der Waals surface area contributed by atoms with E-state index in [0.717, 1.165) is 11.3 Å². The van der Waals surface area contributed by atoms with Crippen molar-refractivity contribution in [3.8, 4) is 0 Å². The van der Waals surface area contributed by atoms with Crippen molar-refractivity contribution in [2.45, 2.75) is 19.4 Å². The van der Waals surface area contributed by atoms with Crippen molar-refractivity contribution in [1.82, 2.24) is 4.90 Å². The summed E-state index contributed by atoms with van der Waals surface area (Å²) in [6.07, 6.45) is 2.70. The third-order valence-electron chi connectivity index (χ3n) is 2.90. The fraction of sp³-hybridized carbons (Fsp3) is 0.267. The van der Waals surface area contributed by atoms with E-state index in [1.807, 2.05) is 36.4 Å². The molecule has 0 saturated carbocycles. The van der Waals surface area contributed by atoms with Crippen molar-refractivity contribution in [1.29, 1.82) is 0 Å². The second-order valence-electron chi connectivity index (χ2n) is 4.46. The first-order valence-corrected chi connectivity index (χ1v) is 6.54. The van der Waals surface area contributed by atoms with E-state index in [2.05, 4.69) is 0 Å². The molecular formula is C15H16ClNO2. The van der Waals surface area contributed by atoms with Crippen LogP contribution >= 0.6 is 11.6 Å². The number of rotatable bonds is 5. The molecule has 0 radical (unpaired) electrons.